The molecule has 0 heterocycles. The Kier molecular flexibility index (Phi) is 5.67. The molecular weight excluding hydrogens is 282 g/mol. The standard InChI is InChI=1S/C13H19NO5S/c1-10(2)19-9-8-14(3)20(17,18)12-6-4-11(5-7-12)13(15)16/h4-7,10H,8-9H2,1-3H3,(H,15,16). The lowest BCUT2D eigenvalue weighted by molar-refractivity contribution is 0.0696. The summed E-state index contributed by atoms with van der Waals surface area (Å²) in [6, 6.07) is 5.12. The molecule has 0 saturated heterocycles. The number of hydrogen-bond acceptors (Lipinski definition) is 4. The lowest BCUT2D eigenvalue weighted by atomic mass is 10.2. The van der Waals surface area contributed by atoms with Crippen LogP contribution in [0, 0.1) is 0 Å². The minimum atomic E-state index is -3.62. The van der Waals surface area contributed by atoms with E-state index in [1.54, 1.807) is 0 Å². The molecule has 112 valence electrons. The zero-order valence-electron chi connectivity index (χ0n) is 11.7. The first-order valence-corrected chi connectivity index (χ1v) is 7.60. The van der Waals surface area contributed by atoms with E-state index in [0.29, 0.717) is 6.61 Å². The quantitative estimate of drug-likeness (QED) is 0.823. The number of aromatic carboxylic acids is 1. The van der Waals surface area contributed by atoms with E-state index in [-0.39, 0.29) is 23.1 Å². The van der Waals surface area contributed by atoms with Crippen molar-refractivity contribution in [2.75, 3.05) is 20.2 Å². The summed E-state index contributed by atoms with van der Waals surface area (Å²) in [5.74, 6) is -1.09. The Morgan fingerprint density at radius 1 is 1.30 bits per heavy atom. The zero-order chi connectivity index (χ0) is 15.3. The second-order valence-corrected chi connectivity index (χ2v) is 6.62. The molecule has 6 nitrogen and oxygen atoms in total. The molecule has 0 aliphatic rings. The van der Waals surface area contributed by atoms with Crippen molar-refractivity contribution in [1.82, 2.24) is 4.31 Å². The molecule has 1 aromatic carbocycles. The van der Waals surface area contributed by atoms with Gasteiger partial charge in [0.05, 0.1) is 23.2 Å². The maximum absolute atomic E-state index is 12.2. The minimum Gasteiger partial charge on any atom is -0.478 e. The maximum atomic E-state index is 12.2. The van der Waals surface area contributed by atoms with E-state index in [2.05, 4.69) is 0 Å². The highest BCUT2D eigenvalue weighted by molar-refractivity contribution is 7.89. The summed E-state index contributed by atoms with van der Waals surface area (Å²) in [5, 5.41) is 8.78. The monoisotopic (exact) mass is 301 g/mol. The van der Waals surface area contributed by atoms with Crippen molar-refractivity contribution in [2.45, 2.75) is 24.8 Å². The molecule has 0 bridgehead atoms. The Morgan fingerprint density at radius 2 is 1.85 bits per heavy atom. The largest absolute Gasteiger partial charge is 0.478 e. The molecule has 7 heteroatoms. The van der Waals surface area contributed by atoms with E-state index >= 15 is 0 Å². The third-order valence-electron chi connectivity index (χ3n) is 2.67. The van der Waals surface area contributed by atoms with Crippen LogP contribution >= 0.6 is 0 Å². The normalized spacial score (nSPS) is 12.1. The fourth-order valence-corrected chi connectivity index (χ4v) is 2.64. The smallest absolute Gasteiger partial charge is 0.335 e. The van der Waals surface area contributed by atoms with Gasteiger partial charge in [-0.15, -0.1) is 0 Å². The van der Waals surface area contributed by atoms with E-state index in [4.69, 9.17) is 9.84 Å². The summed E-state index contributed by atoms with van der Waals surface area (Å²) in [6.07, 6.45) is 0.0426. The Hall–Kier alpha value is -1.44. The van der Waals surface area contributed by atoms with Gasteiger partial charge >= 0.3 is 5.97 Å². The average molecular weight is 301 g/mol. The van der Waals surface area contributed by atoms with E-state index in [9.17, 15) is 13.2 Å². The Morgan fingerprint density at radius 3 is 2.30 bits per heavy atom. The molecule has 0 aliphatic carbocycles. The molecule has 0 aliphatic heterocycles. The van der Waals surface area contributed by atoms with E-state index in [1.807, 2.05) is 13.8 Å². The number of benzene rings is 1. The maximum Gasteiger partial charge on any atom is 0.335 e. The van der Waals surface area contributed by atoms with Gasteiger partial charge in [-0.2, -0.15) is 4.31 Å². The van der Waals surface area contributed by atoms with Crippen molar-refractivity contribution in [3.63, 3.8) is 0 Å². The number of sulfonamides is 1. The molecule has 20 heavy (non-hydrogen) atoms. The average Bonchev–Trinajstić information content (AvgIpc) is 2.38. The molecular formula is C13H19NO5S. The van der Waals surface area contributed by atoms with Crippen LogP contribution in [0.4, 0.5) is 0 Å². The lowest BCUT2D eigenvalue weighted by Gasteiger charge is -2.18. The van der Waals surface area contributed by atoms with Crippen LogP contribution in [0.3, 0.4) is 0 Å². The van der Waals surface area contributed by atoms with Crippen molar-refractivity contribution in [1.29, 1.82) is 0 Å². The van der Waals surface area contributed by atoms with Crippen molar-refractivity contribution in [3.8, 4) is 0 Å². The first-order chi connectivity index (χ1) is 9.25. The molecule has 0 saturated carbocycles. The number of hydrogen-bond donors (Lipinski definition) is 1. The lowest BCUT2D eigenvalue weighted by Crippen LogP contribution is -2.30. The number of rotatable bonds is 7. The second kappa shape index (κ2) is 6.83. The van der Waals surface area contributed by atoms with Gasteiger partial charge in [0.1, 0.15) is 0 Å². The molecule has 0 spiro atoms. The summed E-state index contributed by atoms with van der Waals surface area (Å²) < 4.78 is 30.9. The first-order valence-electron chi connectivity index (χ1n) is 6.16. The SMILES string of the molecule is CC(C)OCCN(C)S(=O)(=O)c1ccc(C(=O)O)cc1. The third kappa shape index (κ3) is 4.29. The van der Waals surface area contributed by atoms with Gasteiger partial charge in [-0.25, -0.2) is 13.2 Å². The molecule has 0 unspecified atom stereocenters. The fourth-order valence-electron chi connectivity index (χ4n) is 1.49. The van der Waals surface area contributed by atoms with E-state index in [1.165, 1.54) is 35.6 Å². The van der Waals surface area contributed by atoms with Crippen LogP contribution in [-0.4, -0.2) is 50.1 Å². The van der Waals surface area contributed by atoms with Gasteiger partial charge in [0.2, 0.25) is 10.0 Å². The molecule has 1 rings (SSSR count). The summed E-state index contributed by atoms with van der Waals surface area (Å²) in [5.41, 5.74) is 0.0507. The molecule has 0 atom stereocenters. The second-order valence-electron chi connectivity index (χ2n) is 4.58. The summed E-state index contributed by atoms with van der Waals surface area (Å²) in [4.78, 5) is 10.8. The van der Waals surface area contributed by atoms with Crippen LogP contribution in [-0.2, 0) is 14.8 Å². The van der Waals surface area contributed by atoms with Gasteiger partial charge in [-0.3, -0.25) is 0 Å². The van der Waals surface area contributed by atoms with Gasteiger partial charge in [-0.1, -0.05) is 0 Å². The third-order valence-corrected chi connectivity index (χ3v) is 4.54. The van der Waals surface area contributed by atoms with Gasteiger partial charge in [0.15, 0.2) is 0 Å². The van der Waals surface area contributed by atoms with Crippen LogP contribution < -0.4 is 0 Å². The van der Waals surface area contributed by atoms with E-state index < -0.39 is 16.0 Å². The van der Waals surface area contributed by atoms with Gasteiger partial charge in [0.25, 0.3) is 0 Å². The van der Waals surface area contributed by atoms with E-state index in [0.717, 1.165) is 0 Å². The molecule has 0 amide bonds. The van der Waals surface area contributed by atoms with Crippen LogP contribution in [0.5, 0.6) is 0 Å². The van der Waals surface area contributed by atoms with Gasteiger partial charge in [-0.05, 0) is 38.1 Å². The molecule has 1 N–H and O–H groups in total. The highest BCUT2D eigenvalue weighted by atomic mass is 32.2. The Balaban J connectivity index is 2.79. The summed E-state index contributed by atoms with van der Waals surface area (Å²) in [6.45, 7) is 4.29. The summed E-state index contributed by atoms with van der Waals surface area (Å²) >= 11 is 0. The van der Waals surface area contributed by atoms with Crippen LogP contribution in [0.25, 0.3) is 0 Å². The number of carboxylic acid groups (broad SMARTS) is 1. The highest BCUT2D eigenvalue weighted by Gasteiger charge is 2.20. The Bertz CT molecular complexity index is 551. The van der Waals surface area contributed by atoms with Gasteiger partial charge < -0.3 is 9.84 Å². The fraction of sp³-hybridized carbons (Fsp3) is 0.462. The van der Waals surface area contributed by atoms with Crippen LogP contribution in [0.1, 0.15) is 24.2 Å². The first kappa shape index (κ1) is 16.6. The highest BCUT2D eigenvalue weighted by Crippen LogP contribution is 2.15. The van der Waals surface area contributed by atoms with Crippen LogP contribution in [0.15, 0.2) is 29.2 Å². The van der Waals surface area contributed by atoms with Crippen molar-refractivity contribution >= 4 is 16.0 Å². The van der Waals surface area contributed by atoms with Crippen molar-refractivity contribution in [2.24, 2.45) is 0 Å². The predicted molar refractivity (Wildman–Crippen MR) is 74.3 cm³/mol. The van der Waals surface area contributed by atoms with Crippen molar-refractivity contribution in [3.05, 3.63) is 29.8 Å². The van der Waals surface area contributed by atoms with Crippen LogP contribution in [0.2, 0.25) is 0 Å². The number of likely N-dealkylation sites (N-methyl/N-ethyl adjacent to an activating group) is 1. The molecule has 0 aromatic heterocycles. The number of nitrogens with zero attached hydrogens (tertiary/aromatic N) is 1. The molecule has 0 radical (unpaired) electrons. The molecule has 1 aromatic rings. The minimum absolute atomic E-state index is 0.0426. The number of carboxylic acids is 1. The van der Waals surface area contributed by atoms with Gasteiger partial charge in [0, 0.05) is 13.6 Å². The number of ether oxygens (including phenoxy) is 1. The number of carbonyl (C=O) groups is 1. The van der Waals surface area contributed by atoms with Crippen molar-refractivity contribution < 1.29 is 23.1 Å². The Labute approximate surface area is 119 Å². The summed E-state index contributed by atoms with van der Waals surface area (Å²) in [7, 11) is -2.16. The predicted octanol–water partition coefficient (Wildman–Crippen LogP) is 1.43. The molecule has 0 fully saturated rings. The zero-order valence-corrected chi connectivity index (χ0v) is 12.6. The topological polar surface area (TPSA) is 83.9 Å².